The summed E-state index contributed by atoms with van der Waals surface area (Å²) >= 11 is 3.54. The predicted octanol–water partition coefficient (Wildman–Crippen LogP) is 13.6. The minimum Gasteiger partial charge on any atom is -0.452 e. The first-order valence-corrected chi connectivity index (χ1v) is 20.3. The minimum atomic E-state index is 0.637. The van der Waals surface area contributed by atoms with Crippen LogP contribution in [0, 0.1) is 0 Å². The number of hydrogen-bond donors (Lipinski definition) is 0. The standard InChI is InChI=1S/C49H27N5OS2/c1-3-13-28(14-4-1)46-52-47(29-15-5-2-6-16-29)54-49(53-46)35-20-12-24-39-41(35)34-26-25-30(27-40(34)56-39)48-50-42-33-18-7-9-22-37(33)55-44(42)43(51-48)36-21-11-19-32-31-17-8-10-23-38(31)57-45(32)36/h1-27H. The van der Waals surface area contributed by atoms with Crippen LogP contribution < -0.4 is 0 Å². The van der Waals surface area contributed by atoms with Crippen LogP contribution in [0.4, 0.5) is 0 Å². The number of thiophene rings is 2. The van der Waals surface area contributed by atoms with E-state index in [2.05, 4.69) is 84.9 Å². The first-order valence-electron chi connectivity index (χ1n) is 18.7. The Kier molecular flexibility index (Phi) is 7.17. The maximum Gasteiger partial charge on any atom is 0.180 e. The Morgan fingerprint density at radius 1 is 0.386 bits per heavy atom. The molecule has 0 radical (unpaired) electrons. The maximum atomic E-state index is 6.56. The normalized spacial score (nSPS) is 11.9. The second-order valence-corrected chi connectivity index (χ2v) is 16.1. The van der Waals surface area contributed by atoms with Crippen molar-refractivity contribution in [3.8, 4) is 56.8 Å². The molecule has 5 aromatic heterocycles. The van der Waals surface area contributed by atoms with Gasteiger partial charge in [-0.05, 0) is 30.3 Å². The van der Waals surface area contributed by atoms with E-state index >= 15 is 0 Å². The Morgan fingerprint density at radius 2 is 1.02 bits per heavy atom. The van der Waals surface area contributed by atoms with E-state index in [1.54, 1.807) is 22.7 Å². The molecule has 0 spiro atoms. The van der Waals surface area contributed by atoms with Gasteiger partial charge in [-0.3, -0.25) is 0 Å². The van der Waals surface area contributed by atoms with Gasteiger partial charge >= 0.3 is 0 Å². The van der Waals surface area contributed by atoms with E-state index in [9.17, 15) is 0 Å². The van der Waals surface area contributed by atoms with E-state index < -0.39 is 0 Å². The average Bonchev–Trinajstić information content (AvgIpc) is 3.98. The van der Waals surface area contributed by atoms with Crippen molar-refractivity contribution in [1.82, 2.24) is 24.9 Å². The Hall–Kier alpha value is -7.13. The van der Waals surface area contributed by atoms with Gasteiger partial charge in [0.15, 0.2) is 28.9 Å². The fraction of sp³-hybridized carbons (Fsp3) is 0. The molecule has 0 aliphatic rings. The van der Waals surface area contributed by atoms with Crippen molar-refractivity contribution in [2.45, 2.75) is 0 Å². The summed E-state index contributed by atoms with van der Waals surface area (Å²) in [6, 6.07) is 56.3. The molecule has 266 valence electrons. The van der Waals surface area contributed by atoms with E-state index in [0.717, 1.165) is 70.2 Å². The lowest BCUT2D eigenvalue weighted by Crippen LogP contribution is -2.00. The molecule has 57 heavy (non-hydrogen) atoms. The van der Waals surface area contributed by atoms with Crippen molar-refractivity contribution in [1.29, 1.82) is 0 Å². The molecule has 0 fully saturated rings. The van der Waals surface area contributed by atoms with Gasteiger partial charge in [0.25, 0.3) is 0 Å². The number of hydrogen-bond acceptors (Lipinski definition) is 8. The van der Waals surface area contributed by atoms with Crippen molar-refractivity contribution in [3.05, 3.63) is 164 Å². The third-order valence-electron chi connectivity index (χ3n) is 10.6. The third-order valence-corrected chi connectivity index (χ3v) is 12.9. The van der Waals surface area contributed by atoms with Gasteiger partial charge in [0.05, 0.1) is 0 Å². The summed E-state index contributed by atoms with van der Waals surface area (Å²) in [5.41, 5.74) is 7.90. The average molecular weight is 766 g/mol. The lowest BCUT2D eigenvalue weighted by Gasteiger charge is -2.09. The van der Waals surface area contributed by atoms with Crippen LogP contribution in [0.15, 0.2) is 168 Å². The molecule has 0 saturated heterocycles. The van der Waals surface area contributed by atoms with Gasteiger partial charge in [-0.25, -0.2) is 24.9 Å². The summed E-state index contributed by atoms with van der Waals surface area (Å²) in [6.45, 7) is 0. The van der Waals surface area contributed by atoms with Crippen molar-refractivity contribution < 1.29 is 4.42 Å². The van der Waals surface area contributed by atoms with Crippen molar-refractivity contribution in [2.24, 2.45) is 0 Å². The molecular formula is C49H27N5OS2. The van der Waals surface area contributed by atoms with E-state index in [1.165, 1.54) is 20.2 Å². The molecule has 6 nitrogen and oxygen atoms in total. The fourth-order valence-electron chi connectivity index (χ4n) is 7.92. The van der Waals surface area contributed by atoms with E-state index in [0.29, 0.717) is 28.9 Å². The van der Waals surface area contributed by atoms with Gasteiger partial charge in [-0.1, -0.05) is 133 Å². The largest absolute Gasteiger partial charge is 0.452 e. The number of nitrogens with zero attached hydrogens (tertiary/aromatic N) is 5. The lowest BCUT2D eigenvalue weighted by molar-refractivity contribution is 0.667. The van der Waals surface area contributed by atoms with Crippen LogP contribution in [0.25, 0.3) is 119 Å². The zero-order valence-electron chi connectivity index (χ0n) is 30.0. The predicted molar refractivity (Wildman–Crippen MR) is 236 cm³/mol. The highest BCUT2D eigenvalue weighted by Crippen LogP contribution is 2.45. The molecule has 5 heterocycles. The summed E-state index contributed by atoms with van der Waals surface area (Å²) < 4.78 is 11.3. The second kappa shape index (κ2) is 12.7. The van der Waals surface area contributed by atoms with E-state index in [4.69, 9.17) is 29.3 Å². The van der Waals surface area contributed by atoms with Crippen LogP contribution in [0.2, 0.25) is 0 Å². The highest BCUT2D eigenvalue weighted by atomic mass is 32.1. The number of para-hydroxylation sites is 1. The second-order valence-electron chi connectivity index (χ2n) is 14.0. The van der Waals surface area contributed by atoms with Gasteiger partial charge in [-0.2, -0.15) is 0 Å². The molecule has 0 N–H and O–H groups in total. The Labute approximate surface area is 333 Å². The highest BCUT2D eigenvalue weighted by molar-refractivity contribution is 7.26. The quantitative estimate of drug-likeness (QED) is 0.174. The molecule has 0 aliphatic heterocycles. The molecule has 0 saturated carbocycles. The third kappa shape index (κ3) is 5.19. The van der Waals surface area contributed by atoms with Gasteiger partial charge < -0.3 is 4.42 Å². The number of rotatable bonds is 5. The SMILES string of the molecule is c1ccc(-c2nc(-c3ccccc3)nc(-c3cccc4sc5cc(-c6nc(-c7cccc8c7sc7ccccc78)c7oc8ccccc8c7n6)ccc5c34)n2)cc1. The van der Waals surface area contributed by atoms with Gasteiger partial charge in [0.1, 0.15) is 16.8 Å². The van der Waals surface area contributed by atoms with Gasteiger partial charge in [-0.15, -0.1) is 22.7 Å². The molecular weight excluding hydrogens is 739 g/mol. The summed E-state index contributed by atoms with van der Waals surface area (Å²) in [6.07, 6.45) is 0. The Balaban J connectivity index is 1.05. The molecule has 12 rings (SSSR count). The molecule has 12 aromatic rings. The highest BCUT2D eigenvalue weighted by Gasteiger charge is 2.22. The number of fused-ring (bicyclic) bond motifs is 9. The molecule has 0 aliphatic carbocycles. The molecule has 0 bridgehead atoms. The number of benzene rings is 7. The van der Waals surface area contributed by atoms with Crippen LogP contribution in [0.1, 0.15) is 0 Å². The minimum absolute atomic E-state index is 0.637. The summed E-state index contributed by atoms with van der Waals surface area (Å²) in [7, 11) is 0. The Bertz CT molecular complexity index is 3480. The van der Waals surface area contributed by atoms with Gasteiger partial charge in [0.2, 0.25) is 0 Å². The van der Waals surface area contributed by atoms with Crippen molar-refractivity contribution >= 4 is 85.1 Å². The lowest BCUT2D eigenvalue weighted by atomic mass is 10.0. The maximum absolute atomic E-state index is 6.56. The van der Waals surface area contributed by atoms with Crippen molar-refractivity contribution in [2.75, 3.05) is 0 Å². The van der Waals surface area contributed by atoms with Crippen LogP contribution in [-0.2, 0) is 0 Å². The summed E-state index contributed by atoms with van der Waals surface area (Å²) in [5.74, 6) is 2.57. The van der Waals surface area contributed by atoms with Crippen molar-refractivity contribution in [3.63, 3.8) is 0 Å². The molecule has 0 amide bonds. The topological polar surface area (TPSA) is 77.6 Å². The monoisotopic (exact) mass is 765 g/mol. The fourth-order valence-corrected chi connectivity index (χ4v) is 10.3. The molecule has 8 heteroatoms. The van der Waals surface area contributed by atoms with Crippen LogP contribution >= 0.6 is 22.7 Å². The molecule has 0 unspecified atom stereocenters. The van der Waals surface area contributed by atoms with Gasteiger partial charge in [0, 0.05) is 73.5 Å². The Morgan fingerprint density at radius 3 is 1.82 bits per heavy atom. The molecule has 0 atom stereocenters. The number of furan rings is 1. The van der Waals surface area contributed by atoms with Crippen LogP contribution in [0.3, 0.4) is 0 Å². The van der Waals surface area contributed by atoms with Crippen LogP contribution in [0.5, 0.6) is 0 Å². The summed E-state index contributed by atoms with van der Waals surface area (Å²) in [5, 5.41) is 5.67. The summed E-state index contributed by atoms with van der Waals surface area (Å²) in [4.78, 5) is 25.6. The smallest absolute Gasteiger partial charge is 0.180 e. The zero-order chi connectivity index (χ0) is 37.5. The van der Waals surface area contributed by atoms with E-state index in [-0.39, 0.29) is 0 Å². The van der Waals surface area contributed by atoms with Crippen LogP contribution in [-0.4, -0.2) is 24.9 Å². The molecule has 7 aromatic carbocycles. The number of aromatic nitrogens is 5. The van der Waals surface area contributed by atoms with E-state index in [1.807, 2.05) is 78.9 Å². The first-order chi connectivity index (χ1) is 28.2. The first kappa shape index (κ1) is 32.1. The zero-order valence-corrected chi connectivity index (χ0v) is 31.7.